The summed E-state index contributed by atoms with van der Waals surface area (Å²) in [5.74, 6) is 0.277. The monoisotopic (exact) mass is 306 g/mol. The fourth-order valence-corrected chi connectivity index (χ4v) is 3.04. The minimum Gasteiger partial charge on any atom is -0.460 e. The van der Waals surface area contributed by atoms with Gasteiger partial charge >= 0.3 is 0 Å². The molecule has 0 spiro atoms. The fraction of sp³-hybridized carbons (Fsp3) is 0. The van der Waals surface area contributed by atoms with E-state index in [1.165, 1.54) is 17.6 Å². The Morgan fingerprint density at radius 2 is 2.06 bits per heavy atom. The Balaban J connectivity index is 2.10. The highest BCUT2D eigenvalue weighted by Crippen LogP contribution is 2.29. The molecule has 3 aromatic rings. The predicted octanol–water partition coefficient (Wildman–Crippen LogP) is 4.49. The van der Waals surface area contributed by atoms with Gasteiger partial charge in [0.05, 0.1) is 15.6 Å². The van der Waals surface area contributed by atoms with Gasteiger partial charge in [-0.2, -0.15) is 0 Å². The van der Waals surface area contributed by atoms with Crippen molar-refractivity contribution in [3.05, 3.63) is 57.8 Å². The van der Waals surface area contributed by atoms with Crippen molar-refractivity contribution in [1.29, 1.82) is 0 Å². The summed E-state index contributed by atoms with van der Waals surface area (Å²) < 4.78 is 6.99. The van der Waals surface area contributed by atoms with Gasteiger partial charge in [0, 0.05) is 4.70 Å². The Morgan fingerprint density at radius 3 is 2.76 bits per heavy atom. The van der Waals surface area contributed by atoms with Gasteiger partial charge in [0.25, 0.3) is 0 Å². The van der Waals surface area contributed by atoms with Crippen LogP contribution < -0.4 is 0 Å². The molecule has 0 bridgehead atoms. The van der Waals surface area contributed by atoms with E-state index in [-0.39, 0.29) is 5.78 Å². The maximum Gasteiger partial charge on any atom is 0.239 e. The molecule has 1 aromatic carbocycles. The third kappa shape index (κ3) is 1.83. The third-order valence-corrected chi connectivity index (χ3v) is 4.21. The average molecular weight is 307 g/mol. The molecular weight excluding hydrogens is 300 g/mol. The van der Waals surface area contributed by atoms with Crippen LogP contribution in [-0.4, -0.2) is 5.78 Å². The van der Waals surface area contributed by atoms with E-state index in [1.54, 1.807) is 6.07 Å². The lowest BCUT2D eigenvalue weighted by molar-refractivity contribution is 0.101. The van der Waals surface area contributed by atoms with Crippen molar-refractivity contribution < 1.29 is 9.21 Å². The molecule has 0 aliphatic heterocycles. The maximum absolute atomic E-state index is 12.2. The molecule has 0 atom stereocenters. The van der Waals surface area contributed by atoms with E-state index in [0.29, 0.717) is 15.1 Å². The first-order valence-electron chi connectivity index (χ1n) is 5.02. The number of ketones is 1. The fourth-order valence-electron chi connectivity index (χ4n) is 1.66. The topological polar surface area (TPSA) is 30.2 Å². The molecule has 0 N–H and O–H groups in total. The van der Waals surface area contributed by atoms with E-state index in [2.05, 4.69) is 15.9 Å². The number of hydrogen-bond donors (Lipinski definition) is 0. The third-order valence-electron chi connectivity index (χ3n) is 2.47. The minimum atomic E-state index is -0.0805. The number of furan rings is 1. The summed E-state index contributed by atoms with van der Waals surface area (Å²) in [4.78, 5) is 12.9. The second-order valence-electron chi connectivity index (χ2n) is 3.58. The van der Waals surface area contributed by atoms with E-state index in [0.717, 1.165) is 10.1 Å². The Bertz CT molecular complexity index is 663. The van der Waals surface area contributed by atoms with Crippen LogP contribution in [0.15, 0.2) is 51.6 Å². The molecule has 0 saturated carbocycles. The van der Waals surface area contributed by atoms with Crippen molar-refractivity contribution in [2.45, 2.75) is 0 Å². The van der Waals surface area contributed by atoms with Crippen LogP contribution in [0.3, 0.4) is 0 Å². The van der Waals surface area contributed by atoms with Gasteiger partial charge in [-0.25, -0.2) is 0 Å². The van der Waals surface area contributed by atoms with Crippen LogP contribution in [0.5, 0.6) is 0 Å². The van der Waals surface area contributed by atoms with Gasteiger partial charge in [-0.05, 0) is 39.5 Å². The molecule has 0 radical (unpaired) electrons. The molecule has 0 saturated heterocycles. The molecule has 2 heterocycles. The van der Waals surface area contributed by atoms with Crippen LogP contribution in [0.2, 0.25) is 0 Å². The zero-order valence-electron chi connectivity index (χ0n) is 8.64. The Hall–Kier alpha value is -1.39. The molecule has 2 aromatic heterocycles. The minimum absolute atomic E-state index is 0.0805. The molecule has 0 fully saturated rings. The number of halogens is 1. The molecule has 0 aliphatic carbocycles. The van der Waals surface area contributed by atoms with Gasteiger partial charge in [-0.3, -0.25) is 4.79 Å². The van der Waals surface area contributed by atoms with Crippen molar-refractivity contribution in [2.24, 2.45) is 0 Å². The van der Waals surface area contributed by atoms with Crippen LogP contribution in [0.1, 0.15) is 15.4 Å². The highest BCUT2D eigenvalue weighted by atomic mass is 79.9. The predicted molar refractivity (Wildman–Crippen MR) is 71.7 cm³/mol. The molecule has 3 rings (SSSR count). The number of carbonyl (C=O) groups is 1. The lowest BCUT2D eigenvalue weighted by Crippen LogP contribution is -1.96. The van der Waals surface area contributed by atoms with Crippen molar-refractivity contribution in [2.75, 3.05) is 0 Å². The second-order valence-corrected chi connectivity index (χ2v) is 5.51. The first kappa shape index (κ1) is 10.7. The highest BCUT2D eigenvalue weighted by molar-refractivity contribution is 9.10. The zero-order chi connectivity index (χ0) is 11.8. The Morgan fingerprint density at radius 1 is 1.24 bits per heavy atom. The molecule has 84 valence electrons. The van der Waals surface area contributed by atoms with Crippen LogP contribution in [0, 0.1) is 0 Å². The van der Waals surface area contributed by atoms with Gasteiger partial charge in [-0.15, -0.1) is 11.3 Å². The second kappa shape index (κ2) is 4.13. The molecule has 0 unspecified atom stereocenters. The summed E-state index contributed by atoms with van der Waals surface area (Å²) in [5, 5.41) is 1.09. The summed E-state index contributed by atoms with van der Waals surface area (Å²) >= 11 is 4.78. The lowest BCUT2D eigenvalue weighted by Gasteiger charge is -1.92. The van der Waals surface area contributed by atoms with Crippen LogP contribution in [0.25, 0.3) is 10.1 Å². The number of rotatable bonds is 2. The van der Waals surface area contributed by atoms with Gasteiger partial charge in [0.2, 0.25) is 5.78 Å². The van der Waals surface area contributed by atoms with Gasteiger partial charge in [-0.1, -0.05) is 18.2 Å². The van der Waals surface area contributed by atoms with E-state index >= 15 is 0 Å². The van der Waals surface area contributed by atoms with E-state index in [9.17, 15) is 4.79 Å². The summed E-state index contributed by atoms with van der Waals surface area (Å²) in [5.41, 5.74) is 0. The first-order chi connectivity index (χ1) is 8.25. The molecule has 0 amide bonds. The van der Waals surface area contributed by atoms with Crippen LogP contribution >= 0.6 is 27.3 Å². The average Bonchev–Trinajstić information content (AvgIpc) is 2.93. The number of benzene rings is 1. The zero-order valence-corrected chi connectivity index (χ0v) is 11.0. The van der Waals surface area contributed by atoms with E-state index < -0.39 is 0 Å². The van der Waals surface area contributed by atoms with Gasteiger partial charge in [0.15, 0.2) is 5.76 Å². The Kier molecular flexibility index (Phi) is 2.61. The molecular formula is C13H7BrO2S. The van der Waals surface area contributed by atoms with E-state index in [4.69, 9.17) is 4.42 Å². The van der Waals surface area contributed by atoms with Crippen molar-refractivity contribution >= 4 is 43.1 Å². The summed E-state index contributed by atoms with van der Waals surface area (Å²) in [6.45, 7) is 0. The maximum atomic E-state index is 12.2. The van der Waals surface area contributed by atoms with Crippen LogP contribution in [-0.2, 0) is 0 Å². The summed E-state index contributed by atoms with van der Waals surface area (Å²) in [6.07, 6.45) is 1.50. The van der Waals surface area contributed by atoms with Crippen molar-refractivity contribution in [3.8, 4) is 0 Å². The molecule has 4 heteroatoms. The van der Waals surface area contributed by atoms with Crippen LogP contribution in [0.4, 0.5) is 0 Å². The highest BCUT2D eigenvalue weighted by Gasteiger charge is 2.18. The first-order valence-corrected chi connectivity index (χ1v) is 6.63. The Labute approximate surface area is 110 Å². The van der Waals surface area contributed by atoms with Gasteiger partial charge in [0.1, 0.15) is 0 Å². The number of carbonyl (C=O) groups excluding carboxylic acids is 1. The van der Waals surface area contributed by atoms with E-state index in [1.807, 2.05) is 30.3 Å². The summed E-state index contributed by atoms with van der Waals surface area (Å²) in [6, 6.07) is 11.6. The largest absolute Gasteiger partial charge is 0.460 e. The quantitative estimate of drug-likeness (QED) is 0.653. The standard InChI is InChI=1S/C13H7BrO2S/c14-9-5-6-16-13(9)12(15)11-7-8-3-1-2-4-10(8)17-11/h1-7H. The molecule has 0 aliphatic rings. The molecule has 17 heavy (non-hydrogen) atoms. The SMILES string of the molecule is O=C(c1cc2ccccc2s1)c1occc1Br. The number of thiophene rings is 1. The number of hydrogen-bond acceptors (Lipinski definition) is 3. The molecule has 2 nitrogen and oxygen atoms in total. The normalized spacial score (nSPS) is 10.9. The van der Waals surface area contributed by atoms with Crippen molar-refractivity contribution in [1.82, 2.24) is 0 Å². The summed E-state index contributed by atoms with van der Waals surface area (Å²) in [7, 11) is 0. The lowest BCUT2D eigenvalue weighted by atomic mass is 10.2. The van der Waals surface area contributed by atoms with Crippen molar-refractivity contribution in [3.63, 3.8) is 0 Å². The smallest absolute Gasteiger partial charge is 0.239 e. The number of fused-ring (bicyclic) bond motifs is 1. The van der Waals surface area contributed by atoms with Gasteiger partial charge < -0.3 is 4.42 Å².